The molecule has 4 aliphatic rings. The van der Waals surface area contributed by atoms with Gasteiger partial charge in [0, 0.05) is 17.1 Å². The van der Waals surface area contributed by atoms with Crippen LogP contribution in [0.4, 0.5) is 17.1 Å². The van der Waals surface area contributed by atoms with Gasteiger partial charge in [0.1, 0.15) is 0 Å². The first kappa shape index (κ1) is 26.9. The summed E-state index contributed by atoms with van der Waals surface area (Å²) in [6.07, 6.45) is 5.66. The molecule has 11 rings (SSSR count). The molecule has 3 fully saturated rings. The summed E-state index contributed by atoms with van der Waals surface area (Å²) in [4.78, 5) is 2.47. The highest BCUT2D eigenvalue weighted by Gasteiger charge is 2.68. The first-order chi connectivity index (χ1) is 23.7. The Kier molecular flexibility index (Phi) is 5.56. The summed E-state index contributed by atoms with van der Waals surface area (Å²) in [6.45, 7) is 0. The van der Waals surface area contributed by atoms with Crippen LogP contribution in [0.2, 0.25) is 0 Å². The molecule has 0 heterocycles. The van der Waals surface area contributed by atoms with Crippen LogP contribution in [-0.4, -0.2) is 0 Å². The van der Waals surface area contributed by atoms with E-state index in [4.69, 9.17) is 0 Å². The SMILES string of the molecule is c1ccc2c(c1)-c1cc(N(c3ccc(-c4cccc5ccccc45)cc3)c3ccc4ccccc4c3)ccc1C1CC3CC4CC2C31C4. The normalized spacial score (nSPS) is 24.4. The molecule has 7 aromatic rings. The van der Waals surface area contributed by atoms with E-state index in [1.807, 2.05) is 0 Å². The van der Waals surface area contributed by atoms with Crippen molar-refractivity contribution in [3.05, 3.63) is 163 Å². The van der Waals surface area contributed by atoms with Gasteiger partial charge in [-0.3, -0.25) is 0 Å². The number of hydrogen-bond acceptors (Lipinski definition) is 1. The molecular formula is C47H37N. The first-order valence-corrected chi connectivity index (χ1v) is 17.8. The highest BCUT2D eigenvalue weighted by atomic mass is 15.1. The van der Waals surface area contributed by atoms with E-state index in [0.717, 1.165) is 11.8 Å². The van der Waals surface area contributed by atoms with Gasteiger partial charge in [-0.05, 0) is 146 Å². The topological polar surface area (TPSA) is 3.24 Å². The van der Waals surface area contributed by atoms with Crippen LogP contribution < -0.4 is 4.90 Å². The lowest BCUT2D eigenvalue weighted by Gasteiger charge is -2.56. The monoisotopic (exact) mass is 615 g/mol. The molecule has 0 radical (unpaired) electrons. The zero-order valence-electron chi connectivity index (χ0n) is 27.0. The second kappa shape index (κ2) is 9.94. The highest BCUT2D eigenvalue weighted by Crippen LogP contribution is 2.79. The molecule has 1 heteroatoms. The molecule has 4 aliphatic carbocycles. The number of nitrogens with zero attached hydrogens (tertiary/aromatic N) is 1. The first-order valence-electron chi connectivity index (χ1n) is 17.8. The molecule has 2 bridgehead atoms. The number of benzene rings is 7. The maximum atomic E-state index is 2.53. The maximum absolute atomic E-state index is 2.53. The number of hydrogen-bond donors (Lipinski definition) is 0. The molecule has 0 N–H and O–H groups in total. The second-order valence-electron chi connectivity index (χ2n) is 15.0. The van der Waals surface area contributed by atoms with Gasteiger partial charge in [0.25, 0.3) is 0 Å². The molecule has 0 aromatic heterocycles. The number of anilines is 3. The third-order valence-electron chi connectivity index (χ3n) is 12.9. The van der Waals surface area contributed by atoms with E-state index in [2.05, 4.69) is 157 Å². The van der Waals surface area contributed by atoms with Gasteiger partial charge in [-0.25, -0.2) is 0 Å². The number of rotatable bonds is 4. The standard InChI is InChI=1S/C47H37N/c1-2-10-34-26-37(21-16-31(34)8-1)48(36-19-17-33(18-20-36)40-15-7-11-32-9-3-4-12-39(32)40)38-22-23-43-44(28-38)41-13-5-6-14-42(41)45-25-30-24-35-27-46(43)47(35,45)29-30/h1-23,26,28,30,35,45-46H,24-25,27,29H2. The molecule has 0 saturated heterocycles. The van der Waals surface area contributed by atoms with Gasteiger partial charge in [-0.15, -0.1) is 0 Å². The third-order valence-corrected chi connectivity index (χ3v) is 12.9. The van der Waals surface area contributed by atoms with Gasteiger partial charge in [-0.2, -0.15) is 0 Å². The smallest absolute Gasteiger partial charge is 0.0468 e. The Balaban J connectivity index is 1.08. The van der Waals surface area contributed by atoms with Crippen molar-refractivity contribution in [1.82, 2.24) is 0 Å². The lowest BCUT2D eigenvalue weighted by Crippen LogP contribution is -2.47. The summed E-state index contributed by atoms with van der Waals surface area (Å²) in [6, 6.07) is 57.1. The van der Waals surface area contributed by atoms with Gasteiger partial charge < -0.3 is 4.90 Å². The minimum atomic E-state index is 0.489. The Morgan fingerprint density at radius 2 is 1.12 bits per heavy atom. The van der Waals surface area contributed by atoms with Gasteiger partial charge in [0.05, 0.1) is 0 Å². The quantitative estimate of drug-likeness (QED) is 0.190. The van der Waals surface area contributed by atoms with Crippen molar-refractivity contribution in [2.75, 3.05) is 4.90 Å². The van der Waals surface area contributed by atoms with Crippen molar-refractivity contribution in [3.63, 3.8) is 0 Å². The number of fused-ring (bicyclic) bond motifs is 8. The third kappa shape index (κ3) is 3.68. The summed E-state index contributed by atoms with van der Waals surface area (Å²) in [5.41, 5.74) is 12.7. The van der Waals surface area contributed by atoms with Crippen LogP contribution in [0.3, 0.4) is 0 Å². The Labute approximate surface area is 282 Å². The summed E-state index contributed by atoms with van der Waals surface area (Å²) < 4.78 is 0. The molecule has 48 heavy (non-hydrogen) atoms. The van der Waals surface area contributed by atoms with E-state index < -0.39 is 0 Å². The van der Waals surface area contributed by atoms with Gasteiger partial charge in [-0.1, -0.05) is 115 Å². The average molecular weight is 616 g/mol. The van der Waals surface area contributed by atoms with E-state index in [1.165, 1.54) is 86.5 Å². The van der Waals surface area contributed by atoms with Crippen molar-refractivity contribution in [2.45, 2.75) is 37.5 Å². The van der Waals surface area contributed by atoms with E-state index in [9.17, 15) is 0 Å². The molecule has 7 aromatic carbocycles. The van der Waals surface area contributed by atoms with Crippen molar-refractivity contribution in [2.24, 2.45) is 17.3 Å². The van der Waals surface area contributed by atoms with Crippen molar-refractivity contribution in [1.29, 1.82) is 0 Å². The van der Waals surface area contributed by atoms with Crippen LogP contribution in [-0.2, 0) is 0 Å². The summed E-state index contributed by atoms with van der Waals surface area (Å²) in [5, 5.41) is 5.09. The molecule has 230 valence electrons. The largest absolute Gasteiger partial charge is 0.310 e. The van der Waals surface area contributed by atoms with Crippen LogP contribution in [0.1, 0.15) is 48.6 Å². The zero-order chi connectivity index (χ0) is 31.4. The molecular weight excluding hydrogens is 579 g/mol. The van der Waals surface area contributed by atoms with Crippen LogP contribution in [0.5, 0.6) is 0 Å². The molecule has 5 atom stereocenters. The maximum Gasteiger partial charge on any atom is 0.0468 e. The Morgan fingerprint density at radius 1 is 0.458 bits per heavy atom. The fourth-order valence-corrected chi connectivity index (χ4v) is 11.0. The predicted octanol–water partition coefficient (Wildman–Crippen LogP) is 12.8. The van der Waals surface area contributed by atoms with E-state index in [1.54, 1.807) is 11.1 Å². The summed E-state index contributed by atoms with van der Waals surface area (Å²) >= 11 is 0. The zero-order valence-corrected chi connectivity index (χ0v) is 27.0. The molecule has 1 spiro atoms. The Hall–Kier alpha value is -5.14. The molecule has 0 aliphatic heterocycles. The lowest BCUT2D eigenvalue weighted by atomic mass is 9.47. The minimum absolute atomic E-state index is 0.489. The lowest BCUT2D eigenvalue weighted by molar-refractivity contribution is -0.000475. The van der Waals surface area contributed by atoms with E-state index in [0.29, 0.717) is 17.3 Å². The van der Waals surface area contributed by atoms with Crippen molar-refractivity contribution < 1.29 is 0 Å². The average Bonchev–Trinajstić information content (AvgIpc) is 3.65. The molecule has 1 nitrogen and oxygen atoms in total. The van der Waals surface area contributed by atoms with Crippen molar-refractivity contribution in [3.8, 4) is 22.3 Å². The van der Waals surface area contributed by atoms with E-state index in [-0.39, 0.29) is 0 Å². The van der Waals surface area contributed by atoms with Crippen LogP contribution in [0.15, 0.2) is 152 Å². The highest BCUT2D eigenvalue weighted by molar-refractivity contribution is 5.97. The minimum Gasteiger partial charge on any atom is -0.310 e. The molecule has 0 amide bonds. The summed E-state index contributed by atoms with van der Waals surface area (Å²) in [7, 11) is 0. The molecule has 3 saturated carbocycles. The van der Waals surface area contributed by atoms with Crippen LogP contribution in [0, 0.1) is 17.3 Å². The van der Waals surface area contributed by atoms with Crippen LogP contribution >= 0.6 is 0 Å². The van der Waals surface area contributed by atoms with Gasteiger partial charge in [0.2, 0.25) is 0 Å². The predicted molar refractivity (Wildman–Crippen MR) is 200 cm³/mol. The Bertz CT molecular complexity index is 2400. The van der Waals surface area contributed by atoms with E-state index >= 15 is 0 Å². The van der Waals surface area contributed by atoms with Gasteiger partial charge in [0.15, 0.2) is 0 Å². The fraction of sp³-hybridized carbons (Fsp3) is 0.191. The van der Waals surface area contributed by atoms with Gasteiger partial charge >= 0.3 is 0 Å². The second-order valence-corrected chi connectivity index (χ2v) is 15.0. The molecule has 5 unspecified atom stereocenters. The van der Waals surface area contributed by atoms with Crippen molar-refractivity contribution >= 4 is 38.6 Å². The fourth-order valence-electron chi connectivity index (χ4n) is 11.0. The summed E-state index contributed by atoms with van der Waals surface area (Å²) in [5.74, 6) is 3.24. The van der Waals surface area contributed by atoms with Crippen LogP contribution in [0.25, 0.3) is 43.8 Å². The Morgan fingerprint density at radius 3 is 2.02 bits per heavy atom.